The normalized spacial score (nSPS) is 20.9. The van der Waals surface area contributed by atoms with Crippen LogP contribution in [0.3, 0.4) is 0 Å². The van der Waals surface area contributed by atoms with E-state index in [2.05, 4.69) is 0 Å². The summed E-state index contributed by atoms with van der Waals surface area (Å²) in [5.41, 5.74) is 0.991. The Morgan fingerprint density at radius 1 is 1.21 bits per heavy atom. The van der Waals surface area contributed by atoms with Crippen molar-refractivity contribution in [2.75, 3.05) is 45.9 Å². The lowest BCUT2D eigenvalue weighted by atomic mass is 9.83. The van der Waals surface area contributed by atoms with Gasteiger partial charge in [-0.2, -0.15) is 4.31 Å². The first-order valence-corrected chi connectivity index (χ1v) is 14.6. The van der Waals surface area contributed by atoms with Crippen molar-refractivity contribution >= 4 is 15.8 Å². The van der Waals surface area contributed by atoms with Gasteiger partial charge in [0.15, 0.2) is 5.78 Å². The van der Waals surface area contributed by atoms with Crippen LogP contribution in [0.4, 0.5) is 0 Å². The van der Waals surface area contributed by atoms with E-state index < -0.39 is 21.7 Å². The molecule has 9 nitrogen and oxygen atoms in total. The van der Waals surface area contributed by atoms with E-state index in [1.807, 2.05) is 17.9 Å². The van der Waals surface area contributed by atoms with Crippen LogP contribution >= 0.6 is 0 Å². The molecule has 2 aliphatic rings. The number of aliphatic hydroxyl groups excluding tert-OH is 1. The summed E-state index contributed by atoms with van der Waals surface area (Å²) < 4.78 is 40.4. The van der Waals surface area contributed by atoms with Crippen molar-refractivity contribution in [3.63, 3.8) is 0 Å². The highest BCUT2D eigenvalue weighted by molar-refractivity contribution is 7.89. The molecule has 2 aromatic carbocycles. The third kappa shape index (κ3) is 6.21. The van der Waals surface area contributed by atoms with E-state index in [9.17, 15) is 23.4 Å². The molecule has 208 valence electrons. The topological polar surface area (TPSA) is 117 Å². The maximum atomic E-state index is 13.7. The fourth-order valence-corrected chi connectivity index (χ4v) is 7.49. The van der Waals surface area contributed by atoms with Gasteiger partial charge in [0.05, 0.1) is 29.6 Å². The number of phenols is 1. The second-order valence-electron chi connectivity index (χ2n) is 10.3. The summed E-state index contributed by atoms with van der Waals surface area (Å²) in [7, 11) is -3.86. The number of carbonyl (C=O) groups excluding carboxylic acids is 1. The smallest absolute Gasteiger partial charge is 0.243 e. The number of piperidine rings is 1. The first-order valence-electron chi connectivity index (χ1n) is 13.1. The number of nitrogens with zero attached hydrogens (tertiary/aromatic N) is 2. The molecule has 10 heteroatoms. The van der Waals surface area contributed by atoms with E-state index in [1.165, 1.54) is 16.4 Å². The third-order valence-corrected chi connectivity index (χ3v) is 9.44. The van der Waals surface area contributed by atoms with E-state index in [1.54, 1.807) is 32.0 Å². The molecule has 1 spiro atoms. The van der Waals surface area contributed by atoms with Gasteiger partial charge in [-0.05, 0) is 69.5 Å². The molecule has 0 saturated carbocycles. The van der Waals surface area contributed by atoms with E-state index in [4.69, 9.17) is 9.47 Å². The van der Waals surface area contributed by atoms with Crippen LogP contribution in [0.15, 0.2) is 41.3 Å². The summed E-state index contributed by atoms with van der Waals surface area (Å²) in [6.45, 7) is 7.55. The average molecular weight is 547 g/mol. The van der Waals surface area contributed by atoms with Crippen LogP contribution in [0.5, 0.6) is 11.5 Å². The number of Topliss-reactive ketones (excluding diaryl/α,β-unsaturated/α-hetero) is 1. The number of rotatable bonds is 10. The Kier molecular flexibility index (Phi) is 8.78. The molecule has 2 heterocycles. The fourth-order valence-electron chi connectivity index (χ4n) is 5.60. The Labute approximate surface area is 225 Å². The van der Waals surface area contributed by atoms with Gasteiger partial charge < -0.3 is 19.7 Å². The van der Waals surface area contributed by atoms with Crippen molar-refractivity contribution in [1.29, 1.82) is 0 Å². The molecule has 38 heavy (non-hydrogen) atoms. The first-order chi connectivity index (χ1) is 18.0. The van der Waals surface area contributed by atoms with Gasteiger partial charge in [-0.3, -0.25) is 9.69 Å². The van der Waals surface area contributed by atoms with Crippen molar-refractivity contribution in [2.45, 2.75) is 56.6 Å². The number of hydrogen-bond donors (Lipinski definition) is 2. The Balaban J connectivity index is 1.47. The van der Waals surface area contributed by atoms with Crippen molar-refractivity contribution in [1.82, 2.24) is 9.21 Å². The highest BCUT2D eigenvalue weighted by Crippen LogP contribution is 2.39. The molecule has 0 amide bonds. The highest BCUT2D eigenvalue weighted by atomic mass is 32.2. The summed E-state index contributed by atoms with van der Waals surface area (Å²) in [4.78, 5) is 15.2. The number of aliphatic hydroxyl groups is 1. The predicted molar refractivity (Wildman–Crippen MR) is 143 cm³/mol. The van der Waals surface area contributed by atoms with Gasteiger partial charge >= 0.3 is 0 Å². The summed E-state index contributed by atoms with van der Waals surface area (Å²) in [6.07, 6.45) is 0.724. The maximum Gasteiger partial charge on any atom is 0.243 e. The largest absolute Gasteiger partial charge is 0.508 e. The zero-order valence-corrected chi connectivity index (χ0v) is 23.2. The summed E-state index contributed by atoms with van der Waals surface area (Å²) in [5, 5.41) is 20.8. The molecule has 0 radical (unpaired) electrons. The average Bonchev–Trinajstić information content (AvgIpc) is 2.84. The molecule has 0 aromatic heterocycles. The van der Waals surface area contributed by atoms with Crippen LogP contribution in [-0.2, 0) is 14.8 Å². The quantitative estimate of drug-likeness (QED) is 0.437. The minimum atomic E-state index is -3.86. The molecule has 1 saturated heterocycles. The van der Waals surface area contributed by atoms with Crippen LogP contribution in [0.25, 0.3) is 0 Å². The molecular weight excluding hydrogens is 508 g/mol. The highest BCUT2D eigenvalue weighted by Gasteiger charge is 2.44. The van der Waals surface area contributed by atoms with Crippen LogP contribution in [0, 0.1) is 13.8 Å². The molecule has 4 rings (SSSR count). The third-order valence-electron chi connectivity index (χ3n) is 7.27. The fraction of sp³-hybridized carbons (Fsp3) is 0.536. The number of likely N-dealkylation sites (tertiary alicyclic amines) is 1. The van der Waals surface area contributed by atoms with Gasteiger partial charge in [0.25, 0.3) is 0 Å². The Morgan fingerprint density at radius 3 is 2.66 bits per heavy atom. The van der Waals surface area contributed by atoms with Gasteiger partial charge in [-0.25, -0.2) is 8.42 Å². The SMILES string of the molecule is CCOCCN(C[C@@H](O)CN1CCCC2(CC(=O)c3cc(O)ccc3O2)C1)S(=O)(=O)c1c(C)cccc1C. The monoisotopic (exact) mass is 546 g/mol. The van der Waals surface area contributed by atoms with Crippen LogP contribution in [-0.4, -0.2) is 91.3 Å². The predicted octanol–water partition coefficient (Wildman–Crippen LogP) is 2.90. The van der Waals surface area contributed by atoms with Gasteiger partial charge in [0.2, 0.25) is 10.0 Å². The number of β-amino-alcohol motifs (C(OH)–C–C–N with tert-alkyl or cyclic N) is 1. The lowest BCUT2D eigenvalue weighted by Gasteiger charge is -2.45. The lowest BCUT2D eigenvalue weighted by Crippen LogP contribution is -2.56. The minimum absolute atomic E-state index is 0.0229. The second-order valence-corrected chi connectivity index (χ2v) is 12.2. The van der Waals surface area contributed by atoms with E-state index >= 15 is 0 Å². The number of ketones is 1. The number of hydrogen-bond acceptors (Lipinski definition) is 8. The van der Waals surface area contributed by atoms with Crippen molar-refractivity contribution in [2.24, 2.45) is 0 Å². The van der Waals surface area contributed by atoms with Crippen molar-refractivity contribution in [3.8, 4) is 11.5 Å². The molecule has 0 aliphatic carbocycles. The van der Waals surface area contributed by atoms with Gasteiger partial charge in [0, 0.05) is 32.8 Å². The summed E-state index contributed by atoms with van der Waals surface area (Å²) in [6, 6.07) is 9.93. The molecule has 2 N–H and O–H groups in total. The van der Waals surface area contributed by atoms with E-state index in [-0.39, 0.29) is 49.1 Å². The van der Waals surface area contributed by atoms with Crippen molar-refractivity contribution < 1.29 is 32.9 Å². The Morgan fingerprint density at radius 2 is 1.95 bits per heavy atom. The van der Waals surface area contributed by atoms with Crippen LogP contribution in [0.1, 0.15) is 47.7 Å². The molecule has 1 fully saturated rings. The van der Waals surface area contributed by atoms with Crippen LogP contribution < -0.4 is 4.74 Å². The second kappa shape index (κ2) is 11.7. The van der Waals surface area contributed by atoms with Crippen molar-refractivity contribution in [3.05, 3.63) is 53.1 Å². The number of sulfonamides is 1. The number of ether oxygens (including phenoxy) is 2. The van der Waals surface area contributed by atoms with Gasteiger partial charge in [-0.15, -0.1) is 0 Å². The van der Waals surface area contributed by atoms with Crippen LogP contribution in [0.2, 0.25) is 0 Å². The molecule has 2 aliphatic heterocycles. The number of phenolic OH excluding ortho intramolecular Hbond substituents is 1. The number of aromatic hydroxyl groups is 1. The lowest BCUT2D eigenvalue weighted by molar-refractivity contribution is -0.0305. The Bertz CT molecular complexity index is 1250. The number of benzene rings is 2. The zero-order chi connectivity index (χ0) is 27.5. The molecule has 2 aromatic rings. The molecule has 2 atom stereocenters. The van der Waals surface area contributed by atoms with Gasteiger partial charge in [0.1, 0.15) is 17.1 Å². The first kappa shape index (κ1) is 28.5. The number of fused-ring (bicyclic) bond motifs is 1. The summed E-state index contributed by atoms with van der Waals surface area (Å²) in [5.74, 6) is 0.407. The molecule has 1 unspecified atom stereocenters. The standard InChI is InChI=1S/C28H38N2O7S/c1-4-36-14-13-30(38(34,35)27-20(2)7-5-8-21(27)3)18-23(32)17-29-12-6-11-28(19-29)16-25(33)24-15-22(31)9-10-26(24)37-28/h5,7-10,15,23,31-32H,4,6,11-14,16-19H2,1-3H3/t23-,28?/m0/s1. The minimum Gasteiger partial charge on any atom is -0.508 e. The summed E-state index contributed by atoms with van der Waals surface area (Å²) >= 11 is 0. The van der Waals surface area contributed by atoms with E-state index in [0.29, 0.717) is 48.6 Å². The Hall–Kier alpha value is -2.50. The zero-order valence-electron chi connectivity index (χ0n) is 22.4. The van der Waals surface area contributed by atoms with Gasteiger partial charge in [-0.1, -0.05) is 18.2 Å². The van der Waals surface area contributed by atoms with E-state index in [0.717, 1.165) is 6.42 Å². The molecule has 0 bridgehead atoms. The number of carbonyl (C=O) groups is 1. The molecular formula is C28H38N2O7S. The maximum absolute atomic E-state index is 13.7. The number of aryl methyl sites for hydroxylation is 2.